The van der Waals surface area contributed by atoms with Crippen molar-refractivity contribution >= 4 is 46.8 Å². The standard InChI is InChI=1S/C23H26Cl2N4O3/c1-14-8-17(16(3)29(14)15(2)13-32-5)9-18(11-26)23(31)28(4)12-22(30)27-19-6-7-20(24)21(25)10-19/h6-10,15H,12-13H2,1-5H3,(H,27,30)/b18-9-. The van der Waals surface area contributed by atoms with E-state index in [0.29, 0.717) is 22.3 Å². The first kappa shape index (κ1) is 25.5. The number of aryl methyl sites for hydroxylation is 1. The van der Waals surface area contributed by atoms with Crippen molar-refractivity contribution in [3.8, 4) is 6.07 Å². The highest BCUT2D eigenvalue weighted by atomic mass is 35.5. The van der Waals surface area contributed by atoms with E-state index in [4.69, 9.17) is 27.9 Å². The van der Waals surface area contributed by atoms with E-state index in [1.165, 1.54) is 18.0 Å². The Hall–Kier alpha value is -2.79. The van der Waals surface area contributed by atoms with Gasteiger partial charge in [-0.05, 0) is 56.7 Å². The Morgan fingerprint density at radius 1 is 1.28 bits per heavy atom. The molecule has 2 aromatic rings. The molecule has 170 valence electrons. The van der Waals surface area contributed by atoms with Crippen molar-refractivity contribution in [2.45, 2.75) is 26.8 Å². The summed E-state index contributed by atoms with van der Waals surface area (Å²) in [6, 6.07) is 8.67. The van der Waals surface area contributed by atoms with E-state index in [9.17, 15) is 14.9 Å². The fourth-order valence-corrected chi connectivity index (χ4v) is 3.81. The average Bonchev–Trinajstić information content (AvgIpc) is 3.01. The largest absolute Gasteiger partial charge is 0.383 e. The van der Waals surface area contributed by atoms with Crippen molar-refractivity contribution < 1.29 is 14.3 Å². The van der Waals surface area contributed by atoms with E-state index < -0.39 is 11.8 Å². The molecule has 0 bridgehead atoms. The van der Waals surface area contributed by atoms with E-state index in [-0.39, 0.29) is 18.2 Å². The van der Waals surface area contributed by atoms with Crippen molar-refractivity contribution in [2.75, 3.05) is 32.6 Å². The fraction of sp³-hybridized carbons (Fsp3) is 0.348. The number of benzene rings is 1. The lowest BCUT2D eigenvalue weighted by Gasteiger charge is -2.18. The van der Waals surface area contributed by atoms with E-state index >= 15 is 0 Å². The molecule has 1 atom stereocenters. The Balaban J connectivity index is 2.15. The number of anilines is 1. The number of halogens is 2. The highest BCUT2D eigenvalue weighted by Crippen LogP contribution is 2.25. The molecular weight excluding hydrogens is 451 g/mol. The Labute approximate surface area is 198 Å². The zero-order chi connectivity index (χ0) is 24.0. The van der Waals surface area contributed by atoms with E-state index in [1.54, 1.807) is 25.3 Å². The minimum atomic E-state index is -0.550. The molecule has 2 amide bonds. The van der Waals surface area contributed by atoms with Gasteiger partial charge in [0.1, 0.15) is 11.6 Å². The quantitative estimate of drug-likeness (QED) is 0.444. The summed E-state index contributed by atoms with van der Waals surface area (Å²) in [4.78, 5) is 26.3. The number of methoxy groups -OCH3 is 1. The number of carbonyl (C=O) groups is 2. The number of likely N-dealkylation sites (N-methyl/N-ethyl adjacent to an activating group) is 1. The Kier molecular flexibility index (Phi) is 8.90. The summed E-state index contributed by atoms with van der Waals surface area (Å²) >= 11 is 11.8. The summed E-state index contributed by atoms with van der Waals surface area (Å²) in [6.45, 7) is 6.23. The van der Waals surface area contributed by atoms with Crippen molar-refractivity contribution in [1.29, 1.82) is 5.26 Å². The molecule has 0 saturated carbocycles. The minimum absolute atomic E-state index is 0.0607. The third-order valence-electron chi connectivity index (χ3n) is 4.95. The van der Waals surface area contributed by atoms with Gasteiger partial charge in [0.2, 0.25) is 5.91 Å². The van der Waals surface area contributed by atoms with Gasteiger partial charge in [0.15, 0.2) is 0 Å². The van der Waals surface area contributed by atoms with Crippen molar-refractivity contribution in [1.82, 2.24) is 9.47 Å². The summed E-state index contributed by atoms with van der Waals surface area (Å²) in [6.07, 6.45) is 1.55. The van der Waals surface area contributed by atoms with Gasteiger partial charge >= 0.3 is 0 Å². The fourth-order valence-electron chi connectivity index (χ4n) is 3.51. The van der Waals surface area contributed by atoms with Crippen LogP contribution in [-0.4, -0.2) is 48.6 Å². The molecule has 0 aliphatic heterocycles. The summed E-state index contributed by atoms with van der Waals surface area (Å²) in [7, 11) is 3.11. The minimum Gasteiger partial charge on any atom is -0.383 e. The molecule has 0 fully saturated rings. The number of ether oxygens (including phenoxy) is 1. The number of rotatable bonds is 8. The topological polar surface area (TPSA) is 87.4 Å². The smallest absolute Gasteiger partial charge is 0.264 e. The van der Waals surface area contributed by atoms with Crippen LogP contribution in [0.15, 0.2) is 29.8 Å². The van der Waals surface area contributed by atoms with E-state index in [2.05, 4.69) is 9.88 Å². The third kappa shape index (κ3) is 6.13. The van der Waals surface area contributed by atoms with Crippen LogP contribution in [0.3, 0.4) is 0 Å². The van der Waals surface area contributed by atoms with E-state index in [0.717, 1.165) is 17.0 Å². The van der Waals surface area contributed by atoms with Crippen molar-refractivity contribution in [3.63, 3.8) is 0 Å². The molecule has 1 unspecified atom stereocenters. The van der Waals surface area contributed by atoms with Gasteiger partial charge in [-0.2, -0.15) is 5.26 Å². The maximum absolute atomic E-state index is 12.8. The normalized spacial score (nSPS) is 12.2. The molecule has 0 spiro atoms. The first-order chi connectivity index (χ1) is 15.1. The second-order valence-corrected chi connectivity index (χ2v) is 8.32. The lowest BCUT2D eigenvalue weighted by atomic mass is 10.1. The molecule has 9 heteroatoms. The lowest BCUT2D eigenvalue weighted by molar-refractivity contribution is -0.129. The van der Waals surface area contributed by atoms with Crippen LogP contribution in [0.2, 0.25) is 10.0 Å². The summed E-state index contributed by atoms with van der Waals surface area (Å²) < 4.78 is 7.34. The number of nitrogens with one attached hydrogen (secondary N) is 1. The Bertz CT molecular complexity index is 1090. The van der Waals surface area contributed by atoms with Crippen LogP contribution in [0.1, 0.15) is 29.9 Å². The first-order valence-corrected chi connectivity index (χ1v) is 10.6. The number of carbonyl (C=O) groups excluding carboxylic acids is 2. The predicted molar refractivity (Wildman–Crippen MR) is 127 cm³/mol. The van der Waals surface area contributed by atoms with Crippen molar-refractivity contribution in [2.24, 2.45) is 0 Å². The highest BCUT2D eigenvalue weighted by molar-refractivity contribution is 6.42. The van der Waals surface area contributed by atoms with Gasteiger partial charge in [0.25, 0.3) is 5.91 Å². The van der Waals surface area contributed by atoms with E-state index in [1.807, 2.05) is 32.9 Å². The second-order valence-electron chi connectivity index (χ2n) is 7.51. The maximum Gasteiger partial charge on any atom is 0.264 e. The molecule has 2 rings (SSSR count). The molecule has 0 aliphatic rings. The second kappa shape index (κ2) is 11.2. The van der Waals surface area contributed by atoms with Gasteiger partial charge in [0, 0.05) is 31.2 Å². The summed E-state index contributed by atoms with van der Waals surface area (Å²) in [5, 5.41) is 12.9. The molecule has 0 saturated heterocycles. The molecule has 0 radical (unpaired) electrons. The van der Waals surface area contributed by atoms with Gasteiger partial charge < -0.3 is 19.5 Å². The Morgan fingerprint density at radius 2 is 1.97 bits per heavy atom. The van der Waals surface area contributed by atoms with Crippen LogP contribution in [0.4, 0.5) is 5.69 Å². The number of aromatic nitrogens is 1. The van der Waals surface area contributed by atoms with Crippen LogP contribution in [-0.2, 0) is 14.3 Å². The van der Waals surface area contributed by atoms with Crippen LogP contribution < -0.4 is 5.32 Å². The van der Waals surface area contributed by atoms with Crippen LogP contribution in [0.5, 0.6) is 0 Å². The van der Waals surface area contributed by atoms with Crippen LogP contribution in [0.25, 0.3) is 6.08 Å². The van der Waals surface area contributed by atoms with Gasteiger partial charge in [-0.3, -0.25) is 9.59 Å². The first-order valence-electron chi connectivity index (χ1n) is 9.88. The van der Waals surface area contributed by atoms with Crippen LogP contribution >= 0.6 is 23.2 Å². The highest BCUT2D eigenvalue weighted by Gasteiger charge is 2.20. The third-order valence-corrected chi connectivity index (χ3v) is 5.69. The zero-order valence-electron chi connectivity index (χ0n) is 18.7. The zero-order valence-corrected chi connectivity index (χ0v) is 20.2. The molecule has 1 heterocycles. The molecule has 1 aromatic heterocycles. The molecule has 1 aromatic carbocycles. The summed E-state index contributed by atoms with van der Waals surface area (Å²) in [5.74, 6) is -0.977. The van der Waals surface area contributed by atoms with Gasteiger partial charge in [-0.25, -0.2) is 0 Å². The number of hydrogen-bond donors (Lipinski definition) is 1. The molecule has 0 aliphatic carbocycles. The predicted octanol–water partition coefficient (Wildman–Crippen LogP) is 4.62. The number of nitrogens with zero attached hydrogens (tertiary/aromatic N) is 3. The van der Waals surface area contributed by atoms with Gasteiger partial charge in [-0.15, -0.1) is 0 Å². The molecule has 32 heavy (non-hydrogen) atoms. The number of nitriles is 1. The monoisotopic (exact) mass is 476 g/mol. The molecule has 7 nitrogen and oxygen atoms in total. The average molecular weight is 477 g/mol. The lowest BCUT2D eigenvalue weighted by Crippen LogP contribution is -2.35. The van der Waals surface area contributed by atoms with Crippen molar-refractivity contribution in [3.05, 3.63) is 56.8 Å². The number of amides is 2. The molecular formula is C23H26Cl2N4O3. The number of hydrogen-bond acceptors (Lipinski definition) is 4. The SMILES string of the molecule is COCC(C)n1c(C)cc(/C=C(/C#N)C(=O)N(C)CC(=O)Nc2ccc(Cl)c(Cl)c2)c1C. The van der Waals surface area contributed by atoms with Gasteiger partial charge in [0.05, 0.1) is 29.2 Å². The Morgan fingerprint density at radius 3 is 2.56 bits per heavy atom. The molecule has 1 N–H and O–H groups in total. The maximum atomic E-state index is 12.8. The summed E-state index contributed by atoms with van der Waals surface area (Å²) in [5.41, 5.74) is 3.09. The van der Waals surface area contributed by atoms with Crippen LogP contribution in [0, 0.1) is 25.2 Å². The van der Waals surface area contributed by atoms with Gasteiger partial charge in [-0.1, -0.05) is 23.2 Å².